The summed E-state index contributed by atoms with van der Waals surface area (Å²) in [7, 11) is 0. The van der Waals surface area contributed by atoms with Gasteiger partial charge in [0.2, 0.25) is 0 Å². The second kappa shape index (κ2) is 7.56. The Morgan fingerprint density at radius 3 is 2.95 bits per heavy atom. The van der Waals surface area contributed by atoms with Gasteiger partial charge < -0.3 is 15.8 Å². The smallest absolute Gasteiger partial charge is 0.149 e. The molecule has 0 saturated carbocycles. The third-order valence-electron chi connectivity index (χ3n) is 2.65. The first-order chi connectivity index (χ1) is 9.72. The molecule has 0 bridgehead atoms. The Labute approximate surface area is 127 Å². The lowest BCUT2D eigenvalue weighted by molar-refractivity contribution is 0.134. The van der Waals surface area contributed by atoms with Crippen molar-refractivity contribution in [1.82, 2.24) is 9.36 Å². The molecule has 0 fully saturated rings. The highest BCUT2D eigenvalue weighted by atomic mass is 32.1. The normalized spacial score (nSPS) is 10.9. The molecule has 0 unspecified atom stereocenters. The lowest BCUT2D eigenvalue weighted by Gasteiger charge is -2.06. The molecule has 2 rings (SSSR count). The zero-order chi connectivity index (χ0) is 14.4. The van der Waals surface area contributed by atoms with Gasteiger partial charge in [0.05, 0.1) is 5.56 Å². The highest BCUT2D eigenvalue weighted by Crippen LogP contribution is 2.38. The van der Waals surface area contributed by atoms with Crippen molar-refractivity contribution in [2.24, 2.45) is 0 Å². The standard InChI is InChI=1S/C13H20N4OS2/c1-3-6-18-7-4-5-15-12-10(11(14)17-20-12)13-16-9(2)8-19-13/h8,15H,3-7H2,1-2H3,(H2,14,17). The molecule has 2 heterocycles. The van der Waals surface area contributed by atoms with Gasteiger partial charge in [-0.15, -0.1) is 11.3 Å². The van der Waals surface area contributed by atoms with Crippen LogP contribution in [-0.4, -0.2) is 29.1 Å². The van der Waals surface area contributed by atoms with Crippen LogP contribution < -0.4 is 11.1 Å². The molecule has 20 heavy (non-hydrogen) atoms. The van der Waals surface area contributed by atoms with Crippen LogP contribution in [0, 0.1) is 6.92 Å². The number of rotatable bonds is 8. The van der Waals surface area contributed by atoms with Gasteiger partial charge in [-0.05, 0) is 31.3 Å². The molecule has 2 aromatic heterocycles. The zero-order valence-corrected chi connectivity index (χ0v) is 13.4. The largest absolute Gasteiger partial charge is 0.382 e. The first-order valence-electron chi connectivity index (χ1n) is 6.71. The van der Waals surface area contributed by atoms with Crippen LogP contribution in [0.15, 0.2) is 5.38 Å². The summed E-state index contributed by atoms with van der Waals surface area (Å²) >= 11 is 2.99. The zero-order valence-electron chi connectivity index (χ0n) is 11.8. The molecule has 0 aliphatic carbocycles. The lowest BCUT2D eigenvalue weighted by atomic mass is 10.3. The SMILES string of the molecule is CCCOCCCNc1snc(N)c1-c1nc(C)cs1. The number of anilines is 2. The van der Waals surface area contributed by atoms with Crippen molar-refractivity contribution >= 4 is 33.7 Å². The van der Waals surface area contributed by atoms with Gasteiger partial charge in [0.1, 0.15) is 15.8 Å². The minimum atomic E-state index is 0.550. The van der Waals surface area contributed by atoms with Crippen LogP contribution in [0.4, 0.5) is 10.8 Å². The van der Waals surface area contributed by atoms with E-state index in [0.29, 0.717) is 5.82 Å². The Balaban J connectivity index is 1.92. The number of aromatic nitrogens is 2. The van der Waals surface area contributed by atoms with Crippen molar-refractivity contribution in [3.8, 4) is 10.6 Å². The number of ether oxygens (including phenoxy) is 1. The van der Waals surface area contributed by atoms with Gasteiger partial charge in [0.15, 0.2) is 0 Å². The molecular formula is C13H20N4OS2. The van der Waals surface area contributed by atoms with Gasteiger partial charge in [-0.25, -0.2) is 4.98 Å². The lowest BCUT2D eigenvalue weighted by Crippen LogP contribution is -2.06. The van der Waals surface area contributed by atoms with Crippen molar-refractivity contribution in [2.75, 3.05) is 30.8 Å². The van der Waals surface area contributed by atoms with E-state index < -0.39 is 0 Å². The minimum Gasteiger partial charge on any atom is -0.382 e. The van der Waals surface area contributed by atoms with E-state index in [1.165, 1.54) is 11.5 Å². The first-order valence-corrected chi connectivity index (χ1v) is 8.37. The number of nitrogens with one attached hydrogen (secondary N) is 1. The molecule has 0 aliphatic heterocycles. The van der Waals surface area contributed by atoms with Crippen LogP contribution in [0.3, 0.4) is 0 Å². The van der Waals surface area contributed by atoms with Gasteiger partial charge in [-0.3, -0.25) is 0 Å². The predicted octanol–water partition coefficient (Wildman–Crippen LogP) is 3.39. The van der Waals surface area contributed by atoms with Gasteiger partial charge in [-0.1, -0.05) is 6.92 Å². The third kappa shape index (κ3) is 3.91. The van der Waals surface area contributed by atoms with E-state index in [1.54, 1.807) is 11.3 Å². The molecule has 0 saturated heterocycles. The van der Waals surface area contributed by atoms with Crippen LogP contribution >= 0.6 is 22.9 Å². The van der Waals surface area contributed by atoms with Gasteiger partial charge in [0, 0.05) is 30.8 Å². The van der Waals surface area contributed by atoms with E-state index >= 15 is 0 Å². The second-order valence-electron chi connectivity index (χ2n) is 4.46. The van der Waals surface area contributed by atoms with Crippen molar-refractivity contribution < 1.29 is 4.74 Å². The molecule has 0 spiro atoms. The maximum absolute atomic E-state index is 5.95. The molecule has 0 amide bonds. The number of nitrogen functional groups attached to an aromatic ring is 1. The predicted molar refractivity (Wildman–Crippen MR) is 86.6 cm³/mol. The molecule has 0 aromatic carbocycles. The summed E-state index contributed by atoms with van der Waals surface area (Å²) in [5, 5.41) is 7.33. The fraction of sp³-hybridized carbons (Fsp3) is 0.538. The highest BCUT2D eigenvalue weighted by molar-refractivity contribution is 7.15. The number of nitrogens with two attached hydrogens (primary N) is 1. The fourth-order valence-electron chi connectivity index (χ4n) is 1.72. The van der Waals surface area contributed by atoms with Crippen LogP contribution in [0.1, 0.15) is 25.5 Å². The molecule has 0 radical (unpaired) electrons. The second-order valence-corrected chi connectivity index (χ2v) is 6.09. The van der Waals surface area contributed by atoms with Crippen molar-refractivity contribution in [2.45, 2.75) is 26.7 Å². The average Bonchev–Trinajstić information content (AvgIpc) is 3.00. The molecular weight excluding hydrogens is 292 g/mol. The Bertz CT molecular complexity index is 538. The Morgan fingerprint density at radius 2 is 2.25 bits per heavy atom. The maximum Gasteiger partial charge on any atom is 0.149 e. The number of hydrogen-bond donors (Lipinski definition) is 2. The number of hydrogen-bond acceptors (Lipinski definition) is 7. The molecule has 0 atom stereocenters. The summed E-state index contributed by atoms with van der Waals surface area (Å²) in [5.74, 6) is 0.550. The van der Waals surface area contributed by atoms with E-state index in [1.807, 2.05) is 12.3 Å². The van der Waals surface area contributed by atoms with Crippen molar-refractivity contribution in [3.63, 3.8) is 0 Å². The van der Waals surface area contributed by atoms with E-state index in [0.717, 1.165) is 53.9 Å². The molecule has 110 valence electrons. The molecule has 3 N–H and O–H groups in total. The van der Waals surface area contributed by atoms with E-state index in [4.69, 9.17) is 10.5 Å². The maximum atomic E-state index is 5.95. The number of thiazole rings is 1. The summed E-state index contributed by atoms with van der Waals surface area (Å²) in [6.07, 6.45) is 2.03. The summed E-state index contributed by atoms with van der Waals surface area (Å²) in [6, 6.07) is 0. The first kappa shape index (κ1) is 15.2. The molecule has 2 aromatic rings. The minimum absolute atomic E-state index is 0.550. The van der Waals surface area contributed by atoms with Gasteiger partial charge >= 0.3 is 0 Å². The average molecular weight is 312 g/mol. The van der Waals surface area contributed by atoms with E-state index in [-0.39, 0.29) is 0 Å². The molecule has 0 aliphatic rings. The van der Waals surface area contributed by atoms with Crippen molar-refractivity contribution in [3.05, 3.63) is 11.1 Å². The molecule has 7 heteroatoms. The van der Waals surface area contributed by atoms with Crippen LogP contribution in [0.5, 0.6) is 0 Å². The summed E-state index contributed by atoms with van der Waals surface area (Å²) in [6.45, 7) is 6.55. The Hall–Kier alpha value is -1.18. The van der Waals surface area contributed by atoms with Crippen LogP contribution in [0.2, 0.25) is 0 Å². The quantitative estimate of drug-likeness (QED) is 0.731. The summed E-state index contributed by atoms with van der Waals surface area (Å²) in [4.78, 5) is 4.48. The van der Waals surface area contributed by atoms with E-state index in [9.17, 15) is 0 Å². The van der Waals surface area contributed by atoms with E-state index in [2.05, 4.69) is 21.6 Å². The van der Waals surface area contributed by atoms with Crippen LogP contribution in [-0.2, 0) is 4.74 Å². The highest BCUT2D eigenvalue weighted by Gasteiger charge is 2.16. The Kier molecular flexibility index (Phi) is 5.75. The number of aryl methyl sites for hydroxylation is 1. The monoisotopic (exact) mass is 312 g/mol. The third-order valence-corrected chi connectivity index (χ3v) is 4.45. The summed E-state index contributed by atoms with van der Waals surface area (Å²) < 4.78 is 9.68. The van der Waals surface area contributed by atoms with Gasteiger partial charge in [0.25, 0.3) is 0 Å². The fourth-order valence-corrected chi connectivity index (χ4v) is 3.38. The summed E-state index contributed by atoms with van der Waals surface area (Å²) in [5.41, 5.74) is 7.90. The van der Waals surface area contributed by atoms with Crippen molar-refractivity contribution in [1.29, 1.82) is 0 Å². The Morgan fingerprint density at radius 1 is 1.40 bits per heavy atom. The van der Waals surface area contributed by atoms with Crippen LogP contribution in [0.25, 0.3) is 10.6 Å². The van der Waals surface area contributed by atoms with Gasteiger partial charge in [-0.2, -0.15) is 4.37 Å². The molecule has 5 nitrogen and oxygen atoms in total. The topological polar surface area (TPSA) is 73.1 Å². The number of nitrogens with zero attached hydrogens (tertiary/aromatic N) is 2.